The van der Waals surface area contributed by atoms with E-state index in [2.05, 4.69) is 17.3 Å². The minimum atomic E-state index is 0.752. The lowest BCUT2D eigenvalue weighted by atomic mass is 10.0. The molecule has 2 aromatic rings. The van der Waals surface area contributed by atoms with Crippen molar-refractivity contribution in [2.24, 2.45) is 4.99 Å². The van der Waals surface area contributed by atoms with Gasteiger partial charge in [-0.05, 0) is 51.2 Å². The van der Waals surface area contributed by atoms with Gasteiger partial charge in [-0.1, -0.05) is 0 Å². The fraction of sp³-hybridized carbons (Fsp3) is 0.619. The molecule has 3 rings (SSSR count). The lowest BCUT2D eigenvalue weighted by Crippen LogP contribution is -2.39. The van der Waals surface area contributed by atoms with Gasteiger partial charge in [0.05, 0.1) is 18.5 Å². The third-order valence-corrected chi connectivity index (χ3v) is 5.91. The lowest BCUT2D eigenvalue weighted by molar-refractivity contribution is 0.146. The van der Waals surface area contributed by atoms with E-state index in [1.165, 1.54) is 34.8 Å². The molecule has 1 N–H and O–H groups in total. The third-order valence-electron chi connectivity index (χ3n) is 4.77. The van der Waals surface area contributed by atoms with Gasteiger partial charge >= 0.3 is 0 Å². The maximum absolute atomic E-state index is 5.43. The van der Waals surface area contributed by atoms with Gasteiger partial charge in [-0.2, -0.15) is 0 Å². The Morgan fingerprint density at radius 1 is 1.39 bits per heavy atom. The molecule has 0 spiro atoms. The number of nitrogens with zero attached hydrogens (tertiary/aromatic N) is 3. The van der Waals surface area contributed by atoms with Gasteiger partial charge in [-0.15, -0.1) is 11.3 Å². The Morgan fingerprint density at radius 2 is 2.29 bits per heavy atom. The Bertz CT molecular complexity index is 703. The molecule has 0 fully saturated rings. The van der Waals surface area contributed by atoms with E-state index >= 15 is 0 Å². The number of aromatic nitrogens is 1. The van der Waals surface area contributed by atoms with Crippen molar-refractivity contribution in [3.63, 3.8) is 0 Å². The Balaban J connectivity index is 1.56. The van der Waals surface area contributed by atoms with Gasteiger partial charge in [0.15, 0.2) is 5.96 Å². The molecule has 0 atom stereocenters. The Morgan fingerprint density at radius 3 is 3.07 bits per heavy atom. The maximum Gasteiger partial charge on any atom is 0.194 e. The van der Waals surface area contributed by atoms with Crippen LogP contribution < -0.4 is 5.32 Å². The number of thiazole rings is 1. The number of hydrogen-bond acceptors (Lipinski definition) is 5. The topological polar surface area (TPSA) is 62.9 Å². The average Bonchev–Trinajstić information content (AvgIpc) is 3.35. The van der Waals surface area contributed by atoms with Gasteiger partial charge in [0.1, 0.15) is 10.8 Å². The van der Waals surface area contributed by atoms with Crippen LogP contribution in [0.1, 0.15) is 47.5 Å². The molecule has 6 nitrogen and oxygen atoms in total. The first-order valence-corrected chi connectivity index (χ1v) is 11.1. The second kappa shape index (κ2) is 11.2. The van der Waals surface area contributed by atoms with Crippen molar-refractivity contribution in [1.82, 2.24) is 15.2 Å². The number of aryl methyl sites for hydroxylation is 2. The predicted octanol–water partition coefficient (Wildman–Crippen LogP) is 3.66. The minimum Gasteiger partial charge on any atom is -0.469 e. The zero-order valence-corrected chi connectivity index (χ0v) is 17.9. The highest BCUT2D eigenvalue weighted by molar-refractivity contribution is 7.11. The molecule has 1 aliphatic carbocycles. The van der Waals surface area contributed by atoms with E-state index in [9.17, 15) is 0 Å². The lowest BCUT2D eigenvalue weighted by Gasteiger charge is -2.21. The van der Waals surface area contributed by atoms with Crippen molar-refractivity contribution in [2.45, 2.75) is 52.0 Å². The monoisotopic (exact) mass is 404 g/mol. The highest BCUT2D eigenvalue weighted by Crippen LogP contribution is 2.27. The van der Waals surface area contributed by atoms with Gasteiger partial charge in [0.25, 0.3) is 0 Å². The quantitative estimate of drug-likeness (QED) is 0.372. The van der Waals surface area contributed by atoms with E-state index in [0.717, 1.165) is 63.8 Å². The zero-order chi connectivity index (χ0) is 19.6. The number of fused-ring (bicyclic) bond motifs is 1. The van der Waals surface area contributed by atoms with E-state index in [-0.39, 0.29) is 0 Å². The summed E-state index contributed by atoms with van der Waals surface area (Å²) in [5, 5.41) is 4.67. The number of hydrogen-bond donors (Lipinski definition) is 1. The standard InChI is InChI=1S/C21H32N4O2S/c1-3-26-14-7-12-22-21(23-13-11-17-8-6-15-27-17)25(2)16-20-24-18-9-4-5-10-19(18)28-20/h6,8,15H,3-5,7,9-14,16H2,1-2H3,(H,22,23). The van der Waals surface area contributed by atoms with Crippen LogP contribution in [0.15, 0.2) is 27.8 Å². The fourth-order valence-corrected chi connectivity index (χ4v) is 4.52. The summed E-state index contributed by atoms with van der Waals surface area (Å²) in [6.07, 6.45) is 8.37. The van der Waals surface area contributed by atoms with Gasteiger partial charge in [0, 0.05) is 44.6 Å². The molecule has 154 valence electrons. The Kier molecular flexibility index (Phi) is 8.36. The summed E-state index contributed by atoms with van der Waals surface area (Å²) < 4.78 is 10.8. The van der Waals surface area contributed by atoms with Crippen LogP contribution in [0.3, 0.4) is 0 Å². The number of rotatable bonds is 10. The highest BCUT2D eigenvalue weighted by atomic mass is 32.1. The smallest absolute Gasteiger partial charge is 0.194 e. The molecule has 28 heavy (non-hydrogen) atoms. The van der Waals surface area contributed by atoms with Crippen LogP contribution >= 0.6 is 11.3 Å². The molecule has 7 heteroatoms. The summed E-state index contributed by atoms with van der Waals surface area (Å²) in [6.45, 7) is 5.86. The second-order valence-electron chi connectivity index (χ2n) is 7.05. The fourth-order valence-electron chi connectivity index (χ4n) is 3.31. The summed E-state index contributed by atoms with van der Waals surface area (Å²) in [5.41, 5.74) is 1.32. The first-order valence-electron chi connectivity index (χ1n) is 10.3. The van der Waals surface area contributed by atoms with Crippen LogP contribution in [0, 0.1) is 0 Å². The van der Waals surface area contributed by atoms with Gasteiger partial charge in [-0.3, -0.25) is 4.99 Å². The van der Waals surface area contributed by atoms with E-state index in [1.54, 1.807) is 6.26 Å². The normalized spacial score (nSPS) is 14.1. The maximum atomic E-state index is 5.43. The van der Waals surface area contributed by atoms with Crippen LogP contribution in [0.4, 0.5) is 0 Å². The van der Waals surface area contributed by atoms with E-state index < -0.39 is 0 Å². The molecule has 1 aliphatic rings. The average molecular weight is 405 g/mol. The molecule has 0 saturated heterocycles. The summed E-state index contributed by atoms with van der Waals surface area (Å²) in [7, 11) is 2.08. The summed E-state index contributed by atoms with van der Waals surface area (Å²) in [4.78, 5) is 13.3. The SMILES string of the molecule is CCOCCCN=C(NCCc1ccco1)N(C)Cc1nc2c(s1)CCCC2. The molecule has 0 amide bonds. The summed E-state index contributed by atoms with van der Waals surface area (Å²) in [6, 6.07) is 3.93. The molecule has 0 aliphatic heterocycles. The van der Waals surface area contributed by atoms with Crippen LogP contribution in [0.2, 0.25) is 0 Å². The minimum absolute atomic E-state index is 0.752. The Hall–Kier alpha value is -1.86. The van der Waals surface area contributed by atoms with E-state index in [0.29, 0.717) is 0 Å². The van der Waals surface area contributed by atoms with Gasteiger partial charge in [-0.25, -0.2) is 4.98 Å². The molecule has 0 unspecified atom stereocenters. The molecule has 2 heterocycles. The summed E-state index contributed by atoms with van der Waals surface area (Å²) in [5.74, 6) is 1.90. The van der Waals surface area contributed by atoms with Crippen LogP contribution in [-0.2, 0) is 30.5 Å². The number of aliphatic imine (C=N–C) groups is 1. The molecule has 0 saturated carbocycles. The molecular formula is C21H32N4O2S. The molecule has 0 aromatic carbocycles. The number of nitrogens with one attached hydrogen (secondary N) is 1. The molecular weight excluding hydrogens is 372 g/mol. The number of furan rings is 1. The molecule has 0 bridgehead atoms. The molecule has 0 radical (unpaired) electrons. The van der Waals surface area contributed by atoms with E-state index in [4.69, 9.17) is 19.1 Å². The van der Waals surface area contributed by atoms with Gasteiger partial charge in [0.2, 0.25) is 0 Å². The molecule has 2 aromatic heterocycles. The van der Waals surface area contributed by atoms with Crippen molar-refractivity contribution in [3.05, 3.63) is 39.7 Å². The first kappa shape index (κ1) is 20.9. The van der Waals surface area contributed by atoms with Gasteiger partial charge < -0.3 is 19.4 Å². The van der Waals surface area contributed by atoms with Crippen molar-refractivity contribution >= 4 is 17.3 Å². The van der Waals surface area contributed by atoms with Crippen molar-refractivity contribution in [2.75, 3.05) is 33.4 Å². The first-order chi connectivity index (χ1) is 13.8. The summed E-state index contributed by atoms with van der Waals surface area (Å²) >= 11 is 1.87. The van der Waals surface area contributed by atoms with E-state index in [1.807, 2.05) is 30.4 Å². The number of ether oxygens (including phenoxy) is 1. The Labute approximate surface area is 172 Å². The third kappa shape index (κ3) is 6.34. The number of guanidine groups is 1. The predicted molar refractivity (Wildman–Crippen MR) is 114 cm³/mol. The largest absolute Gasteiger partial charge is 0.469 e. The van der Waals surface area contributed by atoms with Crippen LogP contribution in [-0.4, -0.2) is 49.2 Å². The highest BCUT2D eigenvalue weighted by Gasteiger charge is 2.17. The second-order valence-corrected chi connectivity index (χ2v) is 8.22. The zero-order valence-electron chi connectivity index (χ0n) is 17.1. The van der Waals surface area contributed by atoms with Crippen LogP contribution in [0.25, 0.3) is 0 Å². The van der Waals surface area contributed by atoms with Crippen molar-refractivity contribution in [1.29, 1.82) is 0 Å². The van der Waals surface area contributed by atoms with Crippen molar-refractivity contribution < 1.29 is 9.15 Å². The van der Waals surface area contributed by atoms with Crippen molar-refractivity contribution in [3.8, 4) is 0 Å². The van der Waals surface area contributed by atoms with Crippen LogP contribution in [0.5, 0.6) is 0 Å².